The van der Waals surface area contributed by atoms with Crippen molar-refractivity contribution >= 4 is 0 Å². The Morgan fingerprint density at radius 2 is 1.80 bits per heavy atom. The van der Waals surface area contributed by atoms with Gasteiger partial charge in [-0.1, -0.05) is 49.6 Å². The molecule has 0 aliphatic heterocycles. The van der Waals surface area contributed by atoms with E-state index in [1.807, 2.05) is 0 Å². The van der Waals surface area contributed by atoms with Crippen LogP contribution in [-0.2, 0) is 11.3 Å². The fourth-order valence-corrected chi connectivity index (χ4v) is 3.28. The number of hydrogen-bond acceptors (Lipinski definition) is 2. The van der Waals surface area contributed by atoms with E-state index in [0.717, 1.165) is 25.8 Å². The molecule has 1 aromatic rings. The van der Waals surface area contributed by atoms with Gasteiger partial charge in [0.2, 0.25) is 0 Å². The fourth-order valence-electron chi connectivity index (χ4n) is 3.28. The average molecular weight is 273 g/mol. The molecular weight excluding hydrogens is 246 g/mol. The Bertz CT molecular complexity index is 393. The van der Waals surface area contributed by atoms with E-state index in [4.69, 9.17) is 4.74 Å². The van der Waals surface area contributed by atoms with Gasteiger partial charge in [0.25, 0.3) is 0 Å². The summed E-state index contributed by atoms with van der Waals surface area (Å²) < 4.78 is 6.08. The standard InChI is InChI=1S/C18H27NO/c1-3-7-16(8-4-1)13-20-15-18(11-5-2-6-12-18)14-19-17-9-10-17/h1,3-4,7-8,17,19H,2,5-6,9-15H2. The van der Waals surface area contributed by atoms with E-state index in [1.165, 1.54) is 50.5 Å². The molecule has 2 saturated carbocycles. The van der Waals surface area contributed by atoms with Crippen molar-refractivity contribution in [2.24, 2.45) is 5.41 Å². The summed E-state index contributed by atoms with van der Waals surface area (Å²) in [5.74, 6) is 0. The Hall–Kier alpha value is -0.860. The minimum absolute atomic E-state index is 0.398. The molecule has 2 nitrogen and oxygen atoms in total. The lowest BCUT2D eigenvalue weighted by Gasteiger charge is -2.37. The van der Waals surface area contributed by atoms with E-state index < -0.39 is 0 Å². The zero-order valence-electron chi connectivity index (χ0n) is 12.4. The zero-order valence-corrected chi connectivity index (χ0v) is 12.4. The Morgan fingerprint density at radius 1 is 1.05 bits per heavy atom. The maximum absolute atomic E-state index is 6.08. The second-order valence-electron chi connectivity index (χ2n) is 6.69. The molecule has 0 aromatic heterocycles. The van der Waals surface area contributed by atoms with Crippen molar-refractivity contribution < 1.29 is 4.74 Å². The van der Waals surface area contributed by atoms with Crippen molar-refractivity contribution in [2.75, 3.05) is 13.2 Å². The van der Waals surface area contributed by atoms with E-state index in [0.29, 0.717) is 5.41 Å². The molecule has 0 bridgehead atoms. The third kappa shape index (κ3) is 4.07. The van der Waals surface area contributed by atoms with Gasteiger partial charge in [-0.2, -0.15) is 0 Å². The summed E-state index contributed by atoms with van der Waals surface area (Å²) in [5.41, 5.74) is 1.68. The molecule has 0 radical (unpaired) electrons. The summed E-state index contributed by atoms with van der Waals surface area (Å²) in [7, 11) is 0. The topological polar surface area (TPSA) is 21.3 Å². The SMILES string of the molecule is c1ccc(COCC2(CNC3CC3)CCCCC2)cc1. The first kappa shape index (κ1) is 14.1. The van der Waals surface area contributed by atoms with Crippen LogP contribution < -0.4 is 5.32 Å². The van der Waals surface area contributed by atoms with Crippen LogP contribution in [0.1, 0.15) is 50.5 Å². The Kier molecular flexibility index (Phi) is 4.74. The number of hydrogen-bond donors (Lipinski definition) is 1. The molecule has 0 atom stereocenters. The maximum Gasteiger partial charge on any atom is 0.0717 e. The highest BCUT2D eigenvalue weighted by molar-refractivity contribution is 5.13. The summed E-state index contributed by atoms with van der Waals surface area (Å²) in [5, 5.41) is 3.74. The maximum atomic E-state index is 6.08. The van der Waals surface area contributed by atoms with Gasteiger partial charge in [-0.25, -0.2) is 0 Å². The molecule has 110 valence electrons. The molecule has 0 heterocycles. The lowest BCUT2D eigenvalue weighted by Crippen LogP contribution is -2.40. The molecule has 0 amide bonds. The molecule has 20 heavy (non-hydrogen) atoms. The summed E-state index contributed by atoms with van der Waals surface area (Å²) in [6.07, 6.45) is 9.58. The van der Waals surface area contributed by atoms with Crippen LogP contribution in [0, 0.1) is 5.41 Å². The first-order chi connectivity index (χ1) is 9.86. The highest BCUT2D eigenvalue weighted by atomic mass is 16.5. The molecule has 1 N–H and O–H groups in total. The third-order valence-electron chi connectivity index (χ3n) is 4.78. The van der Waals surface area contributed by atoms with Crippen LogP contribution in [0.25, 0.3) is 0 Å². The second-order valence-corrected chi connectivity index (χ2v) is 6.69. The quantitative estimate of drug-likeness (QED) is 0.813. The molecule has 3 rings (SSSR count). The monoisotopic (exact) mass is 273 g/mol. The first-order valence-electron chi connectivity index (χ1n) is 8.21. The highest BCUT2D eigenvalue weighted by Crippen LogP contribution is 2.37. The van der Waals surface area contributed by atoms with Gasteiger partial charge in [0.15, 0.2) is 0 Å². The largest absolute Gasteiger partial charge is 0.376 e. The predicted octanol–water partition coefficient (Wildman–Crippen LogP) is 3.91. The lowest BCUT2D eigenvalue weighted by molar-refractivity contribution is 0.0113. The van der Waals surface area contributed by atoms with Gasteiger partial charge in [-0.15, -0.1) is 0 Å². The molecular formula is C18H27NO. The highest BCUT2D eigenvalue weighted by Gasteiger charge is 2.34. The summed E-state index contributed by atoms with van der Waals surface area (Å²) >= 11 is 0. The van der Waals surface area contributed by atoms with Crippen molar-refractivity contribution in [1.29, 1.82) is 0 Å². The van der Waals surface area contributed by atoms with E-state index in [2.05, 4.69) is 35.6 Å². The van der Waals surface area contributed by atoms with Crippen molar-refractivity contribution in [3.63, 3.8) is 0 Å². The number of nitrogens with one attached hydrogen (secondary N) is 1. The summed E-state index contributed by atoms with van der Waals surface area (Å²) in [6, 6.07) is 11.3. The Morgan fingerprint density at radius 3 is 2.50 bits per heavy atom. The molecule has 2 aliphatic rings. The summed E-state index contributed by atoms with van der Waals surface area (Å²) in [4.78, 5) is 0. The van der Waals surface area contributed by atoms with Gasteiger partial charge in [-0.05, 0) is 31.2 Å². The van der Waals surface area contributed by atoms with Crippen LogP contribution in [0.2, 0.25) is 0 Å². The van der Waals surface area contributed by atoms with Crippen LogP contribution in [0.5, 0.6) is 0 Å². The smallest absolute Gasteiger partial charge is 0.0717 e. The fraction of sp³-hybridized carbons (Fsp3) is 0.667. The van der Waals surface area contributed by atoms with E-state index >= 15 is 0 Å². The number of ether oxygens (including phenoxy) is 1. The number of benzene rings is 1. The van der Waals surface area contributed by atoms with Crippen LogP contribution in [0.4, 0.5) is 0 Å². The molecule has 0 saturated heterocycles. The summed E-state index contributed by atoms with van der Waals surface area (Å²) in [6.45, 7) is 2.83. The van der Waals surface area contributed by atoms with E-state index in [9.17, 15) is 0 Å². The second kappa shape index (κ2) is 6.73. The van der Waals surface area contributed by atoms with Crippen LogP contribution >= 0.6 is 0 Å². The van der Waals surface area contributed by atoms with Gasteiger partial charge in [-0.3, -0.25) is 0 Å². The molecule has 0 spiro atoms. The Balaban J connectivity index is 1.49. The van der Waals surface area contributed by atoms with Gasteiger partial charge in [0, 0.05) is 18.0 Å². The zero-order chi connectivity index (χ0) is 13.7. The normalized spacial score (nSPS) is 21.8. The van der Waals surface area contributed by atoms with Gasteiger partial charge in [0.1, 0.15) is 0 Å². The van der Waals surface area contributed by atoms with Gasteiger partial charge in [0.05, 0.1) is 13.2 Å². The molecule has 0 unspecified atom stereocenters. The van der Waals surface area contributed by atoms with Crippen molar-refractivity contribution in [3.8, 4) is 0 Å². The minimum atomic E-state index is 0.398. The molecule has 2 fully saturated rings. The van der Waals surface area contributed by atoms with Crippen LogP contribution in [0.3, 0.4) is 0 Å². The van der Waals surface area contributed by atoms with Gasteiger partial charge >= 0.3 is 0 Å². The first-order valence-corrected chi connectivity index (χ1v) is 8.21. The van der Waals surface area contributed by atoms with Crippen LogP contribution in [0.15, 0.2) is 30.3 Å². The molecule has 1 aromatic carbocycles. The molecule has 2 aliphatic carbocycles. The van der Waals surface area contributed by atoms with Crippen molar-refractivity contribution in [3.05, 3.63) is 35.9 Å². The van der Waals surface area contributed by atoms with Crippen molar-refractivity contribution in [2.45, 2.75) is 57.6 Å². The predicted molar refractivity (Wildman–Crippen MR) is 82.6 cm³/mol. The van der Waals surface area contributed by atoms with Crippen molar-refractivity contribution in [1.82, 2.24) is 5.32 Å². The Labute approximate surface area is 122 Å². The van der Waals surface area contributed by atoms with E-state index in [-0.39, 0.29) is 0 Å². The van der Waals surface area contributed by atoms with E-state index in [1.54, 1.807) is 0 Å². The number of rotatable bonds is 7. The van der Waals surface area contributed by atoms with Crippen LogP contribution in [-0.4, -0.2) is 19.2 Å². The molecule has 2 heteroatoms. The van der Waals surface area contributed by atoms with Gasteiger partial charge < -0.3 is 10.1 Å². The lowest BCUT2D eigenvalue weighted by atomic mass is 9.74. The average Bonchev–Trinajstić information content (AvgIpc) is 3.32. The minimum Gasteiger partial charge on any atom is -0.376 e. The third-order valence-corrected chi connectivity index (χ3v) is 4.78.